The van der Waals surface area contributed by atoms with Gasteiger partial charge in [-0.1, -0.05) is 244 Å². The minimum absolute atomic E-state index is 0.0764. The fourth-order valence-corrected chi connectivity index (χ4v) is 10.1. The van der Waals surface area contributed by atoms with Crippen LogP contribution >= 0.6 is 0 Å². The van der Waals surface area contributed by atoms with Gasteiger partial charge in [0.15, 0.2) is 12.2 Å². The summed E-state index contributed by atoms with van der Waals surface area (Å²) in [5, 5.41) is 2.03. The first kappa shape index (κ1) is 66.3. The van der Waals surface area contributed by atoms with Gasteiger partial charge in [-0.3, -0.25) is 4.55 Å². The predicted octanol–water partition coefficient (Wildman–Crippen LogP) is 17.5. The second-order valence-corrected chi connectivity index (χ2v) is 22.8. The Bertz CT molecular complexity index is 2190. The molecule has 2 atom stereocenters. The highest BCUT2D eigenvalue weighted by Crippen LogP contribution is 2.44. The van der Waals surface area contributed by atoms with Crippen molar-refractivity contribution in [3.63, 3.8) is 0 Å². The SMILES string of the molecule is C=C(C)C(=O)OC(COCCCCCCCCCCCCCCCCCC)COc1c2ccccc2c(OCC(COCCCCCCCCCCCCCCCCCC)OC(=O)C(=C)C)c2cc(S(=O)(=O)O)ccc12. The molecule has 0 heterocycles. The van der Waals surface area contributed by atoms with Gasteiger partial charge in [0, 0.05) is 45.9 Å². The van der Waals surface area contributed by atoms with E-state index in [2.05, 4.69) is 27.0 Å². The van der Waals surface area contributed by atoms with E-state index in [-0.39, 0.29) is 42.5 Å². The minimum atomic E-state index is -4.63. The fourth-order valence-electron chi connectivity index (χ4n) is 9.57. The molecule has 0 radical (unpaired) electrons. The predicted molar refractivity (Wildman–Crippen MR) is 312 cm³/mol. The zero-order valence-corrected chi connectivity index (χ0v) is 48.7. The number of carbonyl (C=O) groups excluding carboxylic acids is 2. The molecular weight excluding hydrogens is 977 g/mol. The third-order valence-corrected chi connectivity index (χ3v) is 15.0. The number of hydrogen-bond donors (Lipinski definition) is 1. The number of esters is 2. The van der Waals surface area contributed by atoms with Crippen molar-refractivity contribution >= 4 is 43.6 Å². The molecule has 0 saturated heterocycles. The van der Waals surface area contributed by atoms with Crippen molar-refractivity contribution in [3.8, 4) is 11.5 Å². The summed E-state index contributed by atoms with van der Waals surface area (Å²) in [6.07, 6.45) is 39.4. The van der Waals surface area contributed by atoms with Gasteiger partial charge in [0.1, 0.15) is 24.7 Å². The monoisotopic (exact) mass is 1080 g/mol. The van der Waals surface area contributed by atoms with Crippen LogP contribution in [0.25, 0.3) is 21.5 Å². The van der Waals surface area contributed by atoms with Crippen molar-refractivity contribution in [3.05, 3.63) is 66.8 Å². The smallest absolute Gasteiger partial charge is 0.333 e. The van der Waals surface area contributed by atoms with Crippen LogP contribution in [0.1, 0.15) is 233 Å². The zero-order chi connectivity index (χ0) is 55.1. The average molecular weight is 1080 g/mol. The molecule has 11 nitrogen and oxygen atoms in total. The Labute approximate surface area is 460 Å². The standard InChI is InChI=1S/C64H102O11S/c1-7-9-11-13-15-17-19-21-23-25-27-29-31-33-35-39-45-70-48-54(74-63(65)52(3)4)50-72-61-57-41-37-38-42-58(57)62(60-47-56(76(67,68)69)43-44-59(60)61)73-51-55(75-64(66)53(5)6)49-71-46-40-36-34-32-30-28-26-24-22-20-18-16-14-12-10-8-2/h37-38,41-44,47,54-55H,3,5,7-36,39-40,45-46,48-51H2,1-2,4,6H3,(H,67,68,69). The first-order chi connectivity index (χ1) is 36.9. The normalized spacial score (nSPS) is 12.5. The van der Waals surface area contributed by atoms with E-state index in [1.165, 1.54) is 179 Å². The van der Waals surface area contributed by atoms with E-state index in [0.717, 1.165) is 38.5 Å². The molecule has 430 valence electrons. The lowest BCUT2D eigenvalue weighted by molar-refractivity contribution is -0.150. The number of carbonyl (C=O) groups is 2. The van der Waals surface area contributed by atoms with Crippen LogP contribution in [0.2, 0.25) is 0 Å². The maximum absolute atomic E-state index is 12.8. The van der Waals surface area contributed by atoms with Gasteiger partial charge in [-0.15, -0.1) is 0 Å². The van der Waals surface area contributed by atoms with Crippen LogP contribution in [0.4, 0.5) is 0 Å². The van der Waals surface area contributed by atoms with Gasteiger partial charge in [0.2, 0.25) is 0 Å². The van der Waals surface area contributed by atoms with Crippen LogP contribution in [0.3, 0.4) is 0 Å². The molecule has 0 fully saturated rings. The van der Waals surface area contributed by atoms with Gasteiger partial charge in [-0.25, -0.2) is 9.59 Å². The van der Waals surface area contributed by atoms with E-state index in [1.807, 2.05) is 24.3 Å². The Kier molecular flexibility index (Phi) is 35.9. The van der Waals surface area contributed by atoms with E-state index >= 15 is 0 Å². The van der Waals surface area contributed by atoms with E-state index in [0.29, 0.717) is 46.3 Å². The van der Waals surface area contributed by atoms with Gasteiger partial charge in [-0.05, 0) is 44.9 Å². The molecule has 0 bridgehead atoms. The molecule has 0 saturated carbocycles. The Morgan fingerprint density at radius 2 is 0.750 bits per heavy atom. The van der Waals surface area contributed by atoms with E-state index in [1.54, 1.807) is 19.9 Å². The first-order valence-electron chi connectivity index (χ1n) is 30.0. The molecule has 2 unspecified atom stereocenters. The van der Waals surface area contributed by atoms with Crippen LogP contribution in [0.5, 0.6) is 11.5 Å². The van der Waals surface area contributed by atoms with Crippen LogP contribution in [0, 0.1) is 0 Å². The molecule has 1 N–H and O–H groups in total. The summed E-state index contributed by atoms with van der Waals surface area (Å²) < 4.78 is 72.0. The summed E-state index contributed by atoms with van der Waals surface area (Å²) in [7, 11) is -4.63. The summed E-state index contributed by atoms with van der Waals surface area (Å²) in [6, 6.07) is 11.5. The van der Waals surface area contributed by atoms with Crippen molar-refractivity contribution in [2.75, 3.05) is 39.6 Å². The van der Waals surface area contributed by atoms with Crippen LogP contribution in [-0.4, -0.2) is 76.8 Å². The van der Waals surface area contributed by atoms with E-state index in [9.17, 15) is 22.6 Å². The summed E-state index contributed by atoms with van der Waals surface area (Å²) >= 11 is 0. The Morgan fingerprint density at radius 1 is 0.447 bits per heavy atom. The molecule has 3 aromatic carbocycles. The molecule has 0 aromatic heterocycles. The molecule has 3 rings (SSSR count). The lowest BCUT2D eigenvalue weighted by atomic mass is 10.0. The second-order valence-electron chi connectivity index (χ2n) is 21.4. The minimum Gasteiger partial charge on any atom is -0.488 e. The van der Waals surface area contributed by atoms with Crippen LogP contribution in [0.15, 0.2) is 71.7 Å². The second kappa shape index (κ2) is 41.1. The number of fused-ring (bicyclic) bond motifs is 2. The molecule has 3 aromatic rings. The molecule has 0 spiro atoms. The van der Waals surface area contributed by atoms with E-state index in [4.69, 9.17) is 28.4 Å². The molecular formula is C64H102O11S. The number of ether oxygens (including phenoxy) is 6. The fraction of sp³-hybridized carbons (Fsp3) is 0.688. The van der Waals surface area contributed by atoms with Gasteiger partial charge < -0.3 is 28.4 Å². The molecule has 0 aliphatic carbocycles. The third-order valence-electron chi connectivity index (χ3n) is 14.2. The van der Waals surface area contributed by atoms with Gasteiger partial charge >= 0.3 is 11.9 Å². The summed E-state index contributed by atoms with van der Waals surface area (Å²) in [5.41, 5.74) is 0.478. The number of hydrogen-bond acceptors (Lipinski definition) is 10. The Morgan fingerprint density at radius 3 is 1.07 bits per heavy atom. The lowest BCUT2D eigenvalue weighted by Crippen LogP contribution is -2.30. The molecule has 76 heavy (non-hydrogen) atoms. The van der Waals surface area contributed by atoms with Crippen molar-refractivity contribution in [1.82, 2.24) is 0 Å². The van der Waals surface area contributed by atoms with Crippen molar-refractivity contribution in [2.45, 2.75) is 250 Å². The summed E-state index contributed by atoms with van der Waals surface area (Å²) in [6.45, 7) is 16.2. The Hall–Kier alpha value is -3.97. The number of rotatable bonds is 49. The van der Waals surface area contributed by atoms with Crippen molar-refractivity contribution in [1.29, 1.82) is 0 Å². The van der Waals surface area contributed by atoms with Crippen molar-refractivity contribution < 1.29 is 51.0 Å². The number of benzene rings is 3. The first-order valence-corrected chi connectivity index (χ1v) is 31.4. The summed E-state index contributed by atoms with van der Waals surface area (Å²) in [4.78, 5) is 25.3. The van der Waals surface area contributed by atoms with Crippen molar-refractivity contribution in [2.24, 2.45) is 0 Å². The van der Waals surface area contributed by atoms with Crippen LogP contribution in [-0.2, 0) is 38.7 Å². The molecule has 12 heteroatoms. The summed E-state index contributed by atoms with van der Waals surface area (Å²) in [5.74, 6) is -0.458. The molecule has 0 aliphatic rings. The average Bonchev–Trinajstić information content (AvgIpc) is 3.40. The topological polar surface area (TPSA) is 144 Å². The van der Waals surface area contributed by atoms with Crippen LogP contribution < -0.4 is 9.47 Å². The van der Waals surface area contributed by atoms with E-state index < -0.39 is 34.3 Å². The van der Waals surface area contributed by atoms with Gasteiger partial charge in [-0.2, -0.15) is 8.42 Å². The largest absolute Gasteiger partial charge is 0.488 e. The highest BCUT2D eigenvalue weighted by Gasteiger charge is 2.24. The highest BCUT2D eigenvalue weighted by molar-refractivity contribution is 7.85. The third kappa shape index (κ3) is 28.6. The Balaban J connectivity index is 1.58. The zero-order valence-electron chi connectivity index (χ0n) is 47.9. The number of unbranched alkanes of at least 4 members (excludes halogenated alkanes) is 30. The van der Waals surface area contributed by atoms with Gasteiger partial charge in [0.25, 0.3) is 10.1 Å². The molecule has 0 amide bonds. The molecule has 0 aliphatic heterocycles. The lowest BCUT2D eigenvalue weighted by Gasteiger charge is -2.23. The quantitative estimate of drug-likeness (QED) is 0.0190. The maximum atomic E-state index is 12.8. The maximum Gasteiger partial charge on any atom is 0.333 e. The highest BCUT2D eigenvalue weighted by atomic mass is 32.2. The van der Waals surface area contributed by atoms with Gasteiger partial charge in [0.05, 0.1) is 18.1 Å².